The van der Waals surface area contributed by atoms with Crippen LogP contribution >= 0.6 is 0 Å². The Morgan fingerprint density at radius 2 is 2.00 bits per heavy atom. The Morgan fingerprint density at radius 3 is 2.47 bits per heavy atom. The molecule has 1 saturated carbocycles. The van der Waals surface area contributed by atoms with Crippen LogP contribution in [0.4, 0.5) is 0 Å². The van der Waals surface area contributed by atoms with E-state index < -0.39 is 0 Å². The van der Waals surface area contributed by atoms with Gasteiger partial charge < -0.3 is 5.32 Å². The second-order valence-corrected chi connectivity index (χ2v) is 5.42. The first-order chi connectivity index (χ1) is 8.13. The first-order valence-corrected chi connectivity index (χ1v) is 6.79. The van der Waals surface area contributed by atoms with Crippen LogP contribution in [-0.2, 0) is 13.5 Å². The van der Waals surface area contributed by atoms with Crippen LogP contribution in [0.25, 0.3) is 0 Å². The Kier molecular flexibility index (Phi) is 3.87. The van der Waals surface area contributed by atoms with Crippen molar-refractivity contribution in [2.75, 3.05) is 7.05 Å². The summed E-state index contributed by atoms with van der Waals surface area (Å²) in [7, 11) is 4.14. The van der Waals surface area contributed by atoms with Crippen molar-refractivity contribution >= 4 is 0 Å². The van der Waals surface area contributed by atoms with Gasteiger partial charge in [-0.1, -0.05) is 12.8 Å². The maximum absolute atomic E-state index is 4.51. The number of nitrogens with one attached hydrogen (secondary N) is 1. The predicted octanol–water partition coefficient (Wildman–Crippen LogP) is 2.36. The summed E-state index contributed by atoms with van der Waals surface area (Å²) >= 11 is 0. The van der Waals surface area contributed by atoms with Gasteiger partial charge in [-0.2, -0.15) is 5.10 Å². The predicted molar refractivity (Wildman–Crippen MR) is 71.2 cm³/mol. The molecule has 1 aliphatic rings. The first-order valence-electron chi connectivity index (χ1n) is 6.79. The van der Waals surface area contributed by atoms with Crippen molar-refractivity contribution < 1.29 is 0 Å². The molecule has 0 amide bonds. The van der Waals surface area contributed by atoms with Crippen molar-refractivity contribution in [2.45, 2.75) is 52.0 Å². The van der Waals surface area contributed by atoms with Gasteiger partial charge >= 0.3 is 0 Å². The number of nitrogens with zero attached hydrogens (tertiary/aromatic N) is 2. The molecule has 0 aliphatic heterocycles. The van der Waals surface area contributed by atoms with Crippen LogP contribution < -0.4 is 5.32 Å². The number of hydrogen-bond donors (Lipinski definition) is 1. The molecule has 1 heterocycles. The minimum absolute atomic E-state index is 0.624. The summed E-state index contributed by atoms with van der Waals surface area (Å²) < 4.78 is 2.01. The zero-order chi connectivity index (χ0) is 12.4. The highest BCUT2D eigenvalue weighted by Crippen LogP contribution is 2.30. The Hall–Kier alpha value is -0.830. The van der Waals surface area contributed by atoms with E-state index in [1.807, 2.05) is 11.7 Å². The fourth-order valence-electron chi connectivity index (χ4n) is 3.20. The van der Waals surface area contributed by atoms with Gasteiger partial charge in [0.2, 0.25) is 0 Å². The molecule has 3 heteroatoms. The van der Waals surface area contributed by atoms with Gasteiger partial charge in [0.25, 0.3) is 0 Å². The van der Waals surface area contributed by atoms with Gasteiger partial charge in [0.15, 0.2) is 0 Å². The minimum Gasteiger partial charge on any atom is -0.316 e. The fraction of sp³-hybridized carbons (Fsp3) is 0.786. The van der Waals surface area contributed by atoms with Gasteiger partial charge in [0.1, 0.15) is 0 Å². The van der Waals surface area contributed by atoms with E-state index in [2.05, 4.69) is 31.3 Å². The number of hydrogen-bond acceptors (Lipinski definition) is 2. The molecule has 0 saturated heterocycles. The van der Waals surface area contributed by atoms with Crippen LogP contribution in [0.3, 0.4) is 0 Å². The zero-order valence-corrected chi connectivity index (χ0v) is 11.6. The van der Waals surface area contributed by atoms with Gasteiger partial charge in [0.05, 0.1) is 5.69 Å². The molecular formula is C14H25N3. The molecule has 1 N–H and O–H groups in total. The summed E-state index contributed by atoms with van der Waals surface area (Å²) in [4.78, 5) is 0. The Labute approximate surface area is 105 Å². The van der Waals surface area contributed by atoms with Gasteiger partial charge in [-0.15, -0.1) is 0 Å². The average molecular weight is 235 g/mol. The lowest BCUT2D eigenvalue weighted by molar-refractivity contribution is 0.376. The molecule has 1 unspecified atom stereocenters. The van der Waals surface area contributed by atoms with Gasteiger partial charge in [-0.3, -0.25) is 4.68 Å². The zero-order valence-electron chi connectivity index (χ0n) is 11.6. The largest absolute Gasteiger partial charge is 0.316 e. The van der Waals surface area contributed by atoms with Crippen LogP contribution in [0.1, 0.15) is 42.6 Å². The topological polar surface area (TPSA) is 29.9 Å². The lowest BCUT2D eigenvalue weighted by Gasteiger charge is -2.23. The van der Waals surface area contributed by atoms with Crippen molar-refractivity contribution in [2.24, 2.45) is 13.0 Å². The van der Waals surface area contributed by atoms with Crippen LogP contribution in [0.2, 0.25) is 0 Å². The van der Waals surface area contributed by atoms with Crippen LogP contribution in [0, 0.1) is 19.8 Å². The van der Waals surface area contributed by atoms with E-state index in [1.165, 1.54) is 42.6 Å². The third-order valence-electron chi connectivity index (χ3n) is 4.42. The van der Waals surface area contributed by atoms with Crippen LogP contribution in [-0.4, -0.2) is 22.9 Å². The standard InChI is InChI=1S/C14H25N3/c1-10-13(11(2)17(4)16-10)9-14(15-3)12-7-5-6-8-12/h12,14-15H,5-9H2,1-4H3. The van der Waals surface area contributed by atoms with Crippen LogP contribution in [0.15, 0.2) is 0 Å². The summed E-state index contributed by atoms with van der Waals surface area (Å²) in [5, 5.41) is 8.03. The van der Waals surface area contributed by atoms with Crippen LogP contribution in [0.5, 0.6) is 0 Å². The van der Waals surface area contributed by atoms with Gasteiger partial charge in [0, 0.05) is 18.8 Å². The molecule has 0 aromatic carbocycles. The summed E-state index contributed by atoms with van der Waals surface area (Å²) in [6.45, 7) is 4.31. The summed E-state index contributed by atoms with van der Waals surface area (Å²) in [5.41, 5.74) is 3.96. The summed E-state index contributed by atoms with van der Waals surface area (Å²) in [6.07, 6.45) is 6.74. The monoisotopic (exact) mass is 235 g/mol. The fourth-order valence-corrected chi connectivity index (χ4v) is 3.20. The van der Waals surface area contributed by atoms with Crippen molar-refractivity contribution in [3.05, 3.63) is 17.0 Å². The van der Waals surface area contributed by atoms with E-state index in [4.69, 9.17) is 0 Å². The summed E-state index contributed by atoms with van der Waals surface area (Å²) in [6, 6.07) is 0.624. The van der Waals surface area contributed by atoms with E-state index >= 15 is 0 Å². The van der Waals surface area contributed by atoms with E-state index in [-0.39, 0.29) is 0 Å². The molecule has 1 fully saturated rings. The maximum atomic E-state index is 4.51. The Morgan fingerprint density at radius 1 is 1.35 bits per heavy atom. The number of aryl methyl sites for hydroxylation is 2. The van der Waals surface area contributed by atoms with Gasteiger partial charge in [-0.05, 0) is 51.6 Å². The van der Waals surface area contributed by atoms with Crippen molar-refractivity contribution in [3.63, 3.8) is 0 Å². The highest BCUT2D eigenvalue weighted by Gasteiger charge is 2.25. The van der Waals surface area contributed by atoms with Crippen molar-refractivity contribution in [1.82, 2.24) is 15.1 Å². The average Bonchev–Trinajstić information content (AvgIpc) is 2.89. The molecule has 0 bridgehead atoms. The van der Waals surface area contributed by atoms with Gasteiger partial charge in [-0.25, -0.2) is 0 Å². The molecule has 96 valence electrons. The lowest BCUT2D eigenvalue weighted by Crippen LogP contribution is -2.34. The third kappa shape index (κ3) is 2.54. The number of rotatable bonds is 4. The van der Waals surface area contributed by atoms with E-state index in [0.29, 0.717) is 6.04 Å². The second-order valence-electron chi connectivity index (χ2n) is 5.42. The molecule has 1 aromatic heterocycles. The molecular weight excluding hydrogens is 210 g/mol. The number of likely N-dealkylation sites (N-methyl/N-ethyl adjacent to an activating group) is 1. The lowest BCUT2D eigenvalue weighted by atomic mass is 9.91. The Balaban J connectivity index is 2.12. The van der Waals surface area contributed by atoms with Crippen molar-refractivity contribution in [1.29, 1.82) is 0 Å². The molecule has 0 spiro atoms. The minimum atomic E-state index is 0.624. The van der Waals surface area contributed by atoms with E-state index in [1.54, 1.807) is 0 Å². The Bertz CT molecular complexity index is 375. The quantitative estimate of drug-likeness (QED) is 0.868. The van der Waals surface area contributed by atoms with Crippen molar-refractivity contribution in [3.8, 4) is 0 Å². The smallest absolute Gasteiger partial charge is 0.0628 e. The molecule has 17 heavy (non-hydrogen) atoms. The highest BCUT2D eigenvalue weighted by molar-refractivity contribution is 5.25. The third-order valence-corrected chi connectivity index (χ3v) is 4.42. The number of aromatic nitrogens is 2. The molecule has 0 radical (unpaired) electrons. The van der Waals surface area contributed by atoms with E-state index in [9.17, 15) is 0 Å². The van der Waals surface area contributed by atoms with E-state index in [0.717, 1.165) is 12.3 Å². The SMILES string of the molecule is CNC(Cc1c(C)nn(C)c1C)C1CCCC1. The first kappa shape index (κ1) is 12.6. The normalized spacial score (nSPS) is 18.8. The molecule has 1 atom stereocenters. The molecule has 3 nitrogen and oxygen atoms in total. The highest BCUT2D eigenvalue weighted by atomic mass is 15.3. The second kappa shape index (κ2) is 5.21. The molecule has 1 aliphatic carbocycles. The maximum Gasteiger partial charge on any atom is 0.0628 e. The summed E-state index contributed by atoms with van der Waals surface area (Å²) in [5.74, 6) is 0.860. The molecule has 2 rings (SSSR count). The molecule has 1 aromatic rings.